The van der Waals surface area contributed by atoms with Gasteiger partial charge in [-0.1, -0.05) is 29.8 Å². The Balaban J connectivity index is 2.24. The summed E-state index contributed by atoms with van der Waals surface area (Å²) in [6.45, 7) is 0.464. The Kier molecular flexibility index (Phi) is 5.08. The van der Waals surface area contributed by atoms with Crippen molar-refractivity contribution < 1.29 is 9.53 Å². The van der Waals surface area contributed by atoms with Crippen molar-refractivity contribution in [2.24, 2.45) is 5.73 Å². The highest BCUT2D eigenvalue weighted by molar-refractivity contribution is 6.29. The van der Waals surface area contributed by atoms with Crippen molar-refractivity contribution >= 4 is 23.5 Å². The Bertz CT molecular complexity index is 649. The summed E-state index contributed by atoms with van der Waals surface area (Å²) >= 11 is 5.84. The van der Waals surface area contributed by atoms with Gasteiger partial charge in [0.1, 0.15) is 5.15 Å². The van der Waals surface area contributed by atoms with Crippen LogP contribution in [0.1, 0.15) is 15.9 Å². The molecule has 0 aliphatic heterocycles. The molecule has 0 saturated heterocycles. The molecule has 1 heterocycles. The quantitative estimate of drug-likeness (QED) is 0.823. The maximum Gasteiger partial charge on any atom is 0.258 e. The number of nitrogens with zero attached hydrogens (tertiary/aromatic N) is 2. The fraction of sp³-hybridized carbons (Fsp3) is 0.214. The van der Waals surface area contributed by atoms with Gasteiger partial charge in [-0.2, -0.15) is 4.98 Å². The van der Waals surface area contributed by atoms with Crippen molar-refractivity contribution in [3.8, 4) is 5.88 Å². The van der Waals surface area contributed by atoms with Crippen LogP contribution < -0.4 is 15.8 Å². The monoisotopic (exact) mass is 306 g/mol. The zero-order valence-electron chi connectivity index (χ0n) is 11.5. The van der Waals surface area contributed by atoms with Gasteiger partial charge in [-0.05, 0) is 24.6 Å². The van der Waals surface area contributed by atoms with Crippen LogP contribution in [0.3, 0.4) is 0 Å². The molecule has 21 heavy (non-hydrogen) atoms. The summed E-state index contributed by atoms with van der Waals surface area (Å²) in [5.74, 6) is 0.0517. The van der Waals surface area contributed by atoms with E-state index < -0.39 is 0 Å². The Morgan fingerprint density at radius 3 is 2.86 bits per heavy atom. The van der Waals surface area contributed by atoms with Crippen LogP contribution in [0.5, 0.6) is 5.88 Å². The number of rotatable bonds is 5. The largest absolute Gasteiger partial charge is 0.481 e. The number of nitrogens with two attached hydrogens (primary N) is 1. The predicted octanol–water partition coefficient (Wildman–Crippen LogP) is 1.89. The topological polar surface area (TPSA) is 90.1 Å². The number of hydrogen-bond acceptors (Lipinski definition) is 5. The number of amides is 1. The molecule has 1 aromatic carbocycles. The van der Waals surface area contributed by atoms with Gasteiger partial charge in [0.25, 0.3) is 5.91 Å². The number of nitrogens with one attached hydrogen (secondary N) is 1. The highest BCUT2D eigenvalue weighted by Gasteiger charge is 2.13. The number of halogens is 1. The highest BCUT2D eigenvalue weighted by atomic mass is 35.5. The third-order valence-corrected chi connectivity index (χ3v) is 2.98. The van der Waals surface area contributed by atoms with E-state index >= 15 is 0 Å². The van der Waals surface area contributed by atoms with E-state index in [1.807, 2.05) is 12.1 Å². The second-order valence-corrected chi connectivity index (χ2v) is 4.59. The molecule has 0 saturated carbocycles. The zero-order chi connectivity index (χ0) is 15.2. The first-order valence-corrected chi connectivity index (χ1v) is 6.69. The Morgan fingerprint density at radius 1 is 1.38 bits per heavy atom. The van der Waals surface area contributed by atoms with Crippen molar-refractivity contribution in [3.05, 3.63) is 46.6 Å². The lowest BCUT2D eigenvalue weighted by Crippen LogP contribution is -2.17. The molecule has 0 unspecified atom stereocenters. The molecule has 1 aromatic heterocycles. The number of benzene rings is 1. The SMILES string of the molecule is COc1cc(Cl)nc(NC(=O)c2ccccc2CCN)n1. The summed E-state index contributed by atoms with van der Waals surface area (Å²) in [6.07, 6.45) is 0.614. The third-order valence-electron chi connectivity index (χ3n) is 2.78. The molecule has 0 radical (unpaired) electrons. The second kappa shape index (κ2) is 7.01. The molecule has 110 valence electrons. The summed E-state index contributed by atoms with van der Waals surface area (Å²) < 4.78 is 4.98. The van der Waals surface area contributed by atoms with Crippen molar-refractivity contribution in [1.29, 1.82) is 0 Å². The number of ether oxygens (including phenoxy) is 1. The molecule has 7 heteroatoms. The fourth-order valence-electron chi connectivity index (χ4n) is 1.84. The molecule has 2 rings (SSSR count). The van der Waals surface area contributed by atoms with Crippen LogP contribution in [0, 0.1) is 0 Å². The number of anilines is 1. The van der Waals surface area contributed by atoms with E-state index in [0.29, 0.717) is 18.5 Å². The molecule has 0 spiro atoms. The molecular weight excluding hydrogens is 292 g/mol. The summed E-state index contributed by atoms with van der Waals surface area (Å²) in [7, 11) is 1.46. The van der Waals surface area contributed by atoms with Crippen LogP contribution in [0.2, 0.25) is 5.15 Å². The lowest BCUT2D eigenvalue weighted by Gasteiger charge is -2.09. The maximum atomic E-state index is 12.3. The lowest BCUT2D eigenvalue weighted by atomic mass is 10.0. The van der Waals surface area contributed by atoms with Crippen LogP contribution in [0.4, 0.5) is 5.95 Å². The number of carbonyl (C=O) groups excluding carboxylic acids is 1. The van der Waals surface area contributed by atoms with E-state index in [4.69, 9.17) is 22.1 Å². The Labute approximate surface area is 127 Å². The van der Waals surface area contributed by atoms with E-state index in [1.54, 1.807) is 12.1 Å². The minimum absolute atomic E-state index is 0.0897. The van der Waals surface area contributed by atoms with E-state index in [9.17, 15) is 4.79 Å². The van der Waals surface area contributed by atoms with Gasteiger partial charge < -0.3 is 10.5 Å². The van der Waals surface area contributed by atoms with Gasteiger partial charge in [0.2, 0.25) is 11.8 Å². The van der Waals surface area contributed by atoms with Crippen LogP contribution in [0.25, 0.3) is 0 Å². The molecular formula is C14H15ClN4O2. The number of methoxy groups -OCH3 is 1. The van der Waals surface area contributed by atoms with Gasteiger partial charge >= 0.3 is 0 Å². The molecule has 3 N–H and O–H groups in total. The van der Waals surface area contributed by atoms with Crippen LogP contribution >= 0.6 is 11.6 Å². The van der Waals surface area contributed by atoms with E-state index in [1.165, 1.54) is 13.2 Å². The predicted molar refractivity (Wildman–Crippen MR) is 80.7 cm³/mol. The first kappa shape index (κ1) is 15.2. The number of aromatic nitrogens is 2. The first-order chi connectivity index (χ1) is 10.1. The third kappa shape index (κ3) is 3.90. The second-order valence-electron chi connectivity index (χ2n) is 4.21. The van der Waals surface area contributed by atoms with Crippen molar-refractivity contribution in [2.45, 2.75) is 6.42 Å². The molecule has 0 fully saturated rings. The maximum absolute atomic E-state index is 12.3. The summed E-state index contributed by atoms with van der Waals surface area (Å²) in [4.78, 5) is 20.3. The van der Waals surface area contributed by atoms with Gasteiger partial charge in [0, 0.05) is 11.6 Å². The standard InChI is InChI=1S/C14H15ClN4O2/c1-21-12-8-11(15)17-14(18-12)19-13(20)10-5-3-2-4-9(10)6-7-16/h2-5,8H,6-7,16H2,1H3,(H,17,18,19,20). The molecule has 0 atom stereocenters. The van der Waals surface area contributed by atoms with Gasteiger partial charge in [-0.25, -0.2) is 4.98 Å². The average molecular weight is 307 g/mol. The normalized spacial score (nSPS) is 10.2. The Hall–Kier alpha value is -2.18. The van der Waals surface area contributed by atoms with Crippen molar-refractivity contribution in [1.82, 2.24) is 9.97 Å². The van der Waals surface area contributed by atoms with Gasteiger partial charge in [0.15, 0.2) is 0 Å². The fourth-order valence-corrected chi connectivity index (χ4v) is 2.02. The number of carbonyl (C=O) groups is 1. The molecule has 6 nitrogen and oxygen atoms in total. The summed E-state index contributed by atoms with van der Waals surface area (Å²) in [6, 6.07) is 8.69. The zero-order valence-corrected chi connectivity index (χ0v) is 12.2. The highest BCUT2D eigenvalue weighted by Crippen LogP contribution is 2.17. The number of hydrogen-bond donors (Lipinski definition) is 2. The van der Waals surface area contributed by atoms with Crippen molar-refractivity contribution in [3.63, 3.8) is 0 Å². The molecule has 0 bridgehead atoms. The van der Waals surface area contributed by atoms with E-state index in [-0.39, 0.29) is 22.9 Å². The van der Waals surface area contributed by atoms with Crippen LogP contribution in [0.15, 0.2) is 30.3 Å². The van der Waals surface area contributed by atoms with E-state index in [2.05, 4.69) is 15.3 Å². The average Bonchev–Trinajstić information content (AvgIpc) is 2.47. The van der Waals surface area contributed by atoms with Gasteiger partial charge in [-0.3, -0.25) is 10.1 Å². The summed E-state index contributed by atoms with van der Waals surface area (Å²) in [5.41, 5.74) is 6.95. The minimum Gasteiger partial charge on any atom is -0.481 e. The van der Waals surface area contributed by atoms with Gasteiger partial charge in [-0.15, -0.1) is 0 Å². The molecule has 0 aliphatic carbocycles. The minimum atomic E-state index is -0.316. The van der Waals surface area contributed by atoms with Gasteiger partial charge in [0.05, 0.1) is 7.11 Å². The Morgan fingerprint density at radius 2 is 2.14 bits per heavy atom. The van der Waals surface area contributed by atoms with Crippen molar-refractivity contribution in [2.75, 3.05) is 19.0 Å². The lowest BCUT2D eigenvalue weighted by molar-refractivity contribution is 0.102. The van der Waals surface area contributed by atoms with Crippen LogP contribution in [-0.2, 0) is 6.42 Å². The molecule has 2 aromatic rings. The smallest absolute Gasteiger partial charge is 0.258 e. The molecule has 0 aliphatic rings. The summed E-state index contributed by atoms with van der Waals surface area (Å²) in [5, 5.41) is 2.79. The van der Waals surface area contributed by atoms with Crippen LogP contribution in [-0.4, -0.2) is 29.5 Å². The molecule has 1 amide bonds. The first-order valence-electron chi connectivity index (χ1n) is 6.32. The van der Waals surface area contributed by atoms with E-state index in [0.717, 1.165) is 5.56 Å².